The number of benzene rings is 1. The van der Waals surface area contributed by atoms with Crippen LogP contribution >= 0.6 is 0 Å². The first kappa shape index (κ1) is 12.2. The van der Waals surface area contributed by atoms with E-state index in [1.54, 1.807) is 18.2 Å². The molecule has 1 aliphatic rings. The number of Topliss-reactive ketones (excluding diaryl/α,β-unsaturated/α-hetero) is 1. The highest BCUT2D eigenvalue weighted by atomic mass is 19.1. The molecular weight excluding hydrogens is 221 g/mol. The number of nitrogens with one attached hydrogen (secondary N) is 1. The topological polar surface area (TPSA) is 38.3 Å². The third-order valence-corrected chi connectivity index (χ3v) is 2.81. The average molecular weight is 237 g/mol. The number of hydrogen-bond donors (Lipinski definition) is 1. The molecule has 1 atom stereocenters. The Bertz CT molecular complexity index is 389. The molecule has 92 valence electrons. The van der Waals surface area contributed by atoms with Crippen LogP contribution in [-0.2, 0) is 16.0 Å². The van der Waals surface area contributed by atoms with Crippen molar-refractivity contribution in [2.75, 3.05) is 19.7 Å². The van der Waals surface area contributed by atoms with Gasteiger partial charge in [0.25, 0.3) is 0 Å². The number of hydrogen-bond acceptors (Lipinski definition) is 3. The van der Waals surface area contributed by atoms with E-state index in [2.05, 4.69) is 5.32 Å². The van der Waals surface area contributed by atoms with Gasteiger partial charge in [-0.05, 0) is 11.6 Å². The molecule has 2 rings (SSSR count). The van der Waals surface area contributed by atoms with Crippen LogP contribution in [0.4, 0.5) is 4.39 Å². The molecule has 1 aromatic rings. The molecule has 0 saturated carbocycles. The fraction of sp³-hybridized carbons (Fsp3) is 0.462. The maximum Gasteiger partial charge on any atom is 0.140 e. The van der Waals surface area contributed by atoms with E-state index in [1.165, 1.54) is 6.07 Å². The minimum atomic E-state index is -0.316. The first-order chi connectivity index (χ1) is 8.25. The number of morpholine rings is 1. The minimum absolute atomic E-state index is 0.0174. The molecule has 0 spiro atoms. The first-order valence-corrected chi connectivity index (χ1v) is 5.83. The van der Waals surface area contributed by atoms with E-state index in [1.807, 2.05) is 0 Å². The van der Waals surface area contributed by atoms with Gasteiger partial charge in [-0.3, -0.25) is 4.79 Å². The van der Waals surface area contributed by atoms with Crippen LogP contribution < -0.4 is 5.32 Å². The van der Waals surface area contributed by atoms with Crippen molar-refractivity contribution in [3.05, 3.63) is 35.6 Å². The van der Waals surface area contributed by atoms with Gasteiger partial charge in [-0.2, -0.15) is 0 Å². The monoisotopic (exact) mass is 237 g/mol. The molecule has 1 aromatic carbocycles. The molecule has 0 aliphatic carbocycles. The van der Waals surface area contributed by atoms with Gasteiger partial charge in [0.15, 0.2) is 0 Å². The van der Waals surface area contributed by atoms with E-state index >= 15 is 0 Å². The Morgan fingerprint density at radius 2 is 2.29 bits per heavy atom. The molecule has 0 bridgehead atoms. The second-order valence-corrected chi connectivity index (χ2v) is 4.21. The predicted molar refractivity (Wildman–Crippen MR) is 62.3 cm³/mol. The number of carbonyl (C=O) groups is 1. The standard InChI is InChI=1S/C13H16FNO2/c14-13-4-2-1-3-10(13)7-11(16)8-12-9-15-5-6-17-12/h1-4,12,15H,5-9H2. The molecule has 17 heavy (non-hydrogen) atoms. The summed E-state index contributed by atoms with van der Waals surface area (Å²) < 4.78 is 18.8. The minimum Gasteiger partial charge on any atom is -0.375 e. The number of ketones is 1. The van der Waals surface area contributed by atoms with Crippen molar-refractivity contribution in [2.45, 2.75) is 18.9 Å². The van der Waals surface area contributed by atoms with Crippen molar-refractivity contribution in [1.82, 2.24) is 5.32 Å². The summed E-state index contributed by atoms with van der Waals surface area (Å²) in [5, 5.41) is 3.16. The summed E-state index contributed by atoms with van der Waals surface area (Å²) in [6.45, 7) is 2.17. The molecule has 4 heteroatoms. The van der Waals surface area contributed by atoms with Gasteiger partial charge >= 0.3 is 0 Å². The van der Waals surface area contributed by atoms with Crippen molar-refractivity contribution < 1.29 is 13.9 Å². The van der Waals surface area contributed by atoms with Gasteiger partial charge in [-0.15, -0.1) is 0 Å². The summed E-state index contributed by atoms with van der Waals surface area (Å²) in [4.78, 5) is 11.8. The Morgan fingerprint density at radius 1 is 1.47 bits per heavy atom. The Labute approximate surface area is 100.0 Å². The Kier molecular flexibility index (Phi) is 4.23. The molecule has 1 aliphatic heterocycles. The molecule has 1 unspecified atom stereocenters. The molecule has 1 N–H and O–H groups in total. The van der Waals surface area contributed by atoms with Crippen LogP contribution in [0.15, 0.2) is 24.3 Å². The third kappa shape index (κ3) is 3.61. The van der Waals surface area contributed by atoms with E-state index in [9.17, 15) is 9.18 Å². The number of carbonyl (C=O) groups excluding carboxylic acids is 1. The first-order valence-electron chi connectivity index (χ1n) is 5.83. The maximum absolute atomic E-state index is 13.3. The molecule has 0 aromatic heterocycles. The summed E-state index contributed by atoms with van der Waals surface area (Å²) >= 11 is 0. The van der Waals surface area contributed by atoms with Crippen LogP contribution in [0.25, 0.3) is 0 Å². The van der Waals surface area contributed by atoms with Gasteiger partial charge in [0, 0.05) is 25.9 Å². The van der Waals surface area contributed by atoms with Crippen molar-refractivity contribution in [2.24, 2.45) is 0 Å². The van der Waals surface area contributed by atoms with Crippen LogP contribution in [-0.4, -0.2) is 31.6 Å². The lowest BCUT2D eigenvalue weighted by molar-refractivity contribution is -0.121. The SMILES string of the molecule is O=C(Cc1ccccc1F)CC1CNCCO1. The normalized spacial score (nSPS) is 20.2. The van der Waals surface area contributed by atoms with E-state index in [0.29, 0.717) is 25.1 Å². The highest BCUT2D eigenvalue weighted by molar-refractivity contribution is 5.81. The quantitative estimate of drug-likeness (QED) is 0.858. The smallest absolute Gasteiger partial charge is 0.140 e. The van der Waals surface area contributed by atoms with Crippen LogP contribution in [0.3, 0.4) is 0 Å². The fourth-order valence-electron chi connectivity index (χ4n) is 1.93. The van der Waals surface area contributed by atoms with Crippen molar-refractivity contribution in [3.63, 3.8) is 0 Å². The van der Waals surface area contributed by atoms with E-state index in [-0.39, 0.29) is 24.1 Å². The van der Waals surface area contributed by atoms with Gasteiger partial charge in [-0.1, -0.05) is 18.2 Å². The lowest BCUT2D eigenvalue weighted by atomic mass is 10.0. The predicted octanol–water partition coefficient (Wildman–Crippen LogP) is 1.32. The second-order valence-electron chi connectivity index (χ2n) is 4.21. The molecule has 1 saturated heterocycles. The molecule has 3 nitrogen and oxygen atoms in total. The third-order valence-electron chi connectivity index (χ3n) is 2.81. The van der Waals surface area contributed by atoms with Crippen LogP contribution in [0.5, 0.6) is 0 Å². The zero-order chi connectivity index (χ0) is 12.1. The Hall–Kier alpha value is -1.26. The van der Waals surface area contributed by atoms with Gasteiger partial charge < -0.3 is 10.1 Å². The summed E-state index contributed by atoms with van der Waals surface area (Å²) in [5.41, 5.74) is 0.460. The summed E-state index contributed by atoms with van der Waals surface area (Å²) in [7, 11) is 0. The molecule has 0 amide bonds. The van der Waals surface area contributed by atoms with Crippen LogP contribution in [0.2, 0.25) is 0 Å². The Morgan fingerprint density at radius 3 is 3.00 bits per heavy atom. The highest BCUT2D eigenvalue weighted by Crippen LogP contribution is 2.10. The zero-order valence-electron chi connectivity index (χ0n) is 9.62. The number of rotatable bonds is 4. The van der Waals surface area contributed by atoms with Gasteiger partial charge in [0.2, 0.25) is 0 Å². The van der Waals surface area contributed by atoms with Crippen LogP contribution in [0.1, 0.15) is 12.0 Å². The van der Waals surface area contributed by atoms with Crippen molar-refractivity contribution in [1.29, 1.82) is 0 Å². The molecule has 0 radical (unpaired) electrons. The molecular formula is C13H16FNO2. The van der Waals surface area contributed by atoms with Gasteiger partial charge in [0.1, 0.15) is 11.6 Å². The molecule has 1 fully saturated rings. The highest BCUT2D eigenvalue weighted by Gasteiger charge is 2.18. The molecule has 1 heterocycles. The summed E-state index contributed by atoms with van der Waals surface area (Å²) in [6, 6.07) is 6.39. The van der Waals surface area contributed by atoms with Crippen LogP contribution in [0, 0.1) is 5.82 Å². The summed E-state index contributed by atoms with van der Waals surface area (Å²) in [5.74, 6) is -0.299. The van der Waals surface area contributed by atoms with Crippen molar-refractivity contribution in [3.8, 4) is 0 Å². The fourth-order valence-corrected chi connectivity index (χ4v) is 1.93. The zero-order valence-corrected chi connectivity index (χ0v) is 9.62. The van der Waals surface area contributed by atoms with Crippen molar-refractivity contribution >= 4 is 5.78 Å². The Balaban J connectivity index is 1.86. The van der Waals surface area contributed by atoms with Gasteiger partial charge in [0.05, 0.1) is 12.7 Å². The average Bonchev–Trinajstić information content (AvgIpc) is 2.33. The maximum atomic E-state index is 13.3. The number of ether oxygens (including phenoxy) is 1. The van der Waals surface area contributed by atoms with E-state index < -0.39 is 0 Å². The lowest BCUT2D eigenvalue weighted by Gasteiger charge is -2.22. The second kappa shape index (κ2) is 5.89. The lowest BCUT2D eigenvalue weighted by Crippen LogP contribution is -2.39. The van der Waals surface area contributed by atoms with Gasteiger partial charge in [-0.25, -0.2) is 4.39 Å². The van der Waals surface area contributed by atoms with E-state index in [0.717, 1.165) is 6.54 Å². The number of halogens is 1. The largest absolute Gasteiger partial charge is 0.375 e. The van der Waals surface area contributed by atoms with E-state index in [4.69, 9.17) is 4.74 Å². The summed E-state index contributed by atoms with van der Waals surface area (Å²) in [6.07, 6.45) is 0.427.